The average molecular weight is 365 g/mol. The van der Waals surface area contributed by atoms with E-state index in [1.807, 2.05) is 4.68 Å². The Labute approximate surface area is 156 Å². The highest BCUT2D eigenvalue weighted by molar-refractivity contribution is 5.74. The largest absolute Gasteiger partial charge is 0.335 e. The monoisotopic (exact) mass is 364 g/mol. The van der Waals surface area contributed by atoms with Crippen LogP contribution in [0.15, 0.2) is 0 Å². The molecule has 2 heterocycles. The van der Waals surface area contributed by atoms with Gasteiger partial charge in [-0.25, -0.2) is 9.48 Å². The van der Waals surface area contributed by atoms with Gasteiger partial charge in [0.05, 0.1) is 18.6 Å². The Hall–Kier alpha value is -1.70. The Morgan fingerprint density at radius 2 is 1.69 bits per heavy atom. The van der Waals surface area contributed by atoms with Gasteiger partial charge in [0.25, 0.3) is 0 Å². The molecule has 2 fully saturated rings. The molecule has 0 bridgehead atoms. The first-order valence-corrected chi connectivity index (χ1v) is 10.1. The molecular weight excluding hydrogens is 330 g/mol. The molecule has 8 heteroatoms. The zero-order chi connectivity index (χ0) is 18.6. The van der Waals surface area contributed by atoms with E-state index in [1.165, 1.54) is 24.2 Å². The molecule has 2 amide bonds. The molecule has 146 valence electrons. The number of hydrogen-bond acceptors (Lipinski definition) is 4. The van der Waals surface area contributed by atoms with Gasteiger partial charge in [0.2, 0.25) is 5.82 Å². The molecule has 0 atom stereocenters. The maximum Gasteiger partial charge on any atom is 0.315 e. The van der Waals surface area contributed by atoms with Gasteiger partial charge in [-0.05, 0) is 44.0 Å². The van der Waals surface area contributed by atoms with Crippen molar-refractivity contribution in [3.8, 4) is 0 Å². The molecule has 1 aliphatic carbocycles. The number of tetrazole rings is 1. The van der Waals surface area contributed by atoms with Crippen molar-refractivity contribution in [3.05, 3.63) is 5.82 Å². The van der Waals surface area contributed by atoms with E-state index in [0.29, 0.717) is 6.04 Å². The Balaban J connectivity index is 1.41. The smallest absolute Gasteiger partial charge is 0.315 e. The standard InChI is InChI=1S/C18H33N7O/c1-18(2,3)25-16(21-22-23-25)13-24-11-9-15(10-12-24)20-17(26)19-14-7-5-4-6-8-14/h14-15H,4-13H2,1-3H3,(H2,19,20,26)/p+1. The minimum absolute atomic E-state index is 0.0158. The molecule has 1 aromatic heterocycles. The van der Waals surface area contributed by atoms with Gasteiger partial charge < -0.3 is 15.5 Å². The molecule has 26 heavy (non-hydrogen) atoms. The maximum atomic E-state index is 12.2. The van der Waals surface area contributed by atoms with Crippen LogP contribution >= 0.6 is 0 Å². The quantitative estimate of drug-likeness (QED) is 0.730. The number of quaternary nitrogens is 1. The van der Waals surface area contributed by atoms with Crippen molar-refractivity contribution in [3.63, 3.8) is 0 Å². The molecule has 3 N–H and O–H groups in total. The van der Waals surface area contributed by atoms with Crippen molar-refractivity contribution in [1.29, 1.82) is 0 Å². The normalized spacial score (nSPS) is 25.0. The first-order chi connectivity index (χ1) is 12.4. The maximum absolute atomic E-state index is 12.2. The van der Waals surface area contributed by atoms with Crippen molar-refractivity contribution in [2.45, 2.75) is 89.9 Å². The van der Waals surface area contributed by atoms with Gasteiger partial charge in [0.15, 0.2) is 0 Å². The SMILES string of the molecule is CC(C)(C)n1nnnc1C[NH+]1CCC(NC(=O)NC2CCCCC2)CC1. The molecule has 1 saturated heterocycles. The van der Waals surface area contributed by atoms with Crippen LogP contribution < -0.4 is 15.5 Å². The molecule has 0 unspecified atom stereocenters. The number of hydrogen-bond donors (Lipinski definition) is 3. The Morgan fingerprint density at radius 3 is 2.31 bits per heavy atom. The highest BCUT2D eigenvalue weighted by Gasteiger charge is 2.27. The van der Waals surface area contributed by atoms with Crippen LogP contribution in [0.4, 0.5) is 4.79 Å². The fourth-order valence-electron chi connectivity index (χ4n) is 4.07. The van der Waals surface area contributed by atoms with Crippen molar-refractivity contribution < 1.29 is 9.69 Å². The van der Waals surface area contributed by atoms with Gasteiger partial charge in [0, 0.05) is 24.9 Å². The van der Waals surface area contributed by atoms with Gasteiger partial charge in [-0.1, -0.05) is 19.3 Å². The summed E-state index contributed by atoms with van der Waals surface area (Å²) in [5.41, 5.74) is -0.102. The minimum atomic E-state index is -0.102. The van der Waals surface area contributed by atoms with E-state index in [-0.39, 0.29) is 17.6 Å². The van der Waals surface area contributed by atoms with Crippen LogP contribution in [0.3, 0.4) is 0 Å². The van der Waals surface area contributed by atoms with Crippen LogP contribution in [-0.4, -0.2) is 51.4 Å². The molecule has 0 radical (unpaired) electrons. The molecule has 8 nitrogen and oxygen atoms in total. The molecule has 2 aliphatic rings. The molecule has 0 spiro atoms. The molecule has 1 aliphatic heterocycles. The number of carbonyl (C=O) groups excluding carboxylic acids is 1. The summed E-state index contributed by atoms with van der Waals surface area (Å²) in [6, 6.07) is 0.661. The van der Waals surface area contributed by atoms with Crippen LogP contribution in [0.1, 0.15) is 71.5 Å². The topological polar surface area (TPSA) is 89.2 Å². The van der Waals surface area contributed by atoms with Crippen LogP contribution in [0.25, 0.3) is 0 Å². The van der Waals surface area contributed by atoms with Crippen molar-refractivity contribution in [1.82, 2.24) is 30.8 Å². The van der Waals surface area contributed by atoms with E-state index in [1.54, 1.807) is 0 Å². The van der Waals surface area contributed by atoms with Crippen LogP contribution in [0, 0.1) is 0 Å². The zero-order valence-corrected chi connectivity index (χ0v) is 16.4. The van der Waals surface area contributed by atoms with Gasteiger partial charge in [-0.15, -0.1) is 5.10 Å². The van der Waals surface area contributed by atoms with E-state index in [9.17, 15) is 4.79 Å². The number of aromatic nitrogens is 4. The minimum Gasteiger partial charge on any atom is -0.335 e. The molecule has 0 aromatic carbocycles. The number of nitrogens with zero attached hydrogens (tertiary/aromatic N) is 4. The van der Waals surface area contributed by atoms with E-state index in [0.717, 1.165) is 51.1 Å². The van der Waals surface area contributed by atoms with Gasteiger partial charge in [-0.2, -0.15) is 0 Å². The highest BCUT2D eigenvalue weighted by Crippen LogP contribution is 2.17. The highest BCUT2D eigenvalue weighted by atomic mass is 16.2. The lowest BCUT2D eigenvalue weighted by Gasteiger charge is -2.31. The summed E-state index contributed by atoms with van der Waals surface area (Å²) in [5.74, 6) is 0.939. The number of urea groups is 1. The summed E-state index contributed by atoms with van der Waals surface area (Å²) in [4.78, 5) is 13.7. The van der Waals surface area contributed by atoms with Crippen LogP contribution in [0.5, 0.6) is 0 Å². The van der Waals surface area contributed by atoms with Crippen molar-refractivity contribution in [2.75, 3.05) is 13.1 Å². The van der Waals surface area contributed by atoms with Crippen LogP contribution in [0.2, 0.25) is 0 Å². The van der Waals surface area contributed by atoms with Gasteiger partial charge in [0.1, 0.15) is 6.54 Å². The average Bonchev–Trinajstić information content (AvgIpc) is 3.06. The molecule has 3 rings (SSSR count). The first-order valence-electron chi connectivity index (χ1n) is 10.1. The first kappa shape index (κ1) is 19.1. The summed E-state index contributed by atoms with van der Waals surface area (Å²) in [6.45, 7) is 9.25. The van der Waals surface area contributed by atoms with Crippen molar-refractivity contribution in [2.24, 2.45) is 0 Å². The second-order valence-electron chi connectivity index (χ2n) is 8.83. The molecule has 1 aromatic rings. The fourth-order valence-corrected chi connectivity index (χ4v) is 4.07. The third-order valence-electron chi connectivity index (χ3n) is 5.55. The van der Waals surface area contributed by atoms with Crippen molar-refractivity contribution >= 4 is 6.03 Å². The van der Waals surface area contributed by atoms with Crippen LogP contribution in [-0.2, 0) is 12.1 Å². The Kier molecular flexibility index (Phi) is 6.11. The molecule has 1 saturated carbocycles. The van der Waals surface area contributed by atoms with E-state index >= 15 is 0 Å². The summed E-state index contributed by atoms with van der Waals surface area (Å²) >= 11 is 0. The lowest BCUT2D eigenvalue weighted by Crippen LogP contribution is -3.12. The summed E-state index contributed by atoms with van der Waals surface area (Å²) in [6.07, 6.45) is 8.03. The Morgan fingerprint density at radius 1 is 1.08 bits per heavy atom. The zero-order valence-electron chi connectivity index (χ0n) is 16.4. The number of rotatable bonds is 4. The molecular formula is C18H34N7O+. The second-order valence-corrected chi connectivity index (χ2v) is 8.83. The number of amides is 2. The summed E-state index contributed by atoms with van der Waals surface area (Å²) < 4.78 is 1.92. The van der Waals surface area contributed by atoms with E-state index in [2.05, 4.69) is 46.9 Å². The van der Waals surface area contributed by atoms with E-state index in [4.69, 9.17) is 0 Å². The lowest BCUT2D eigenvalue weighted by atomic mass is 9.96. The van der Waals surface area contributed by atoms with Gasteiger partial charge >= 0.3 is 6.03 Å². The lowest BCUT2D eigenvalue weighted by molar-refractivity contribution is -0.919. The van der Waals surface area contributed by atoms with Gasteiger partial charge in [-0.3, -0.25) is 0 Å². The predicted octanol–water partition coefficient (Wildman–Crippen LogP) is 0.607. The number of carbonyl (C=O) groups is 1. The number of nitrogens with one attached hydrogen (secondary N) is 3. The summed E-state index contributed by atoms with van der Waals surface area (Å²) in [7, 11) is 0. The third kappa shape index (κ3) is 5.16. The third-order valence-corrected chi connectivity index (χ3v) is 5.55. The number of likely N-dealkylation sites (tertiary alicyclic amines) is 1. The predicted molar refractivity (Wildman–Crippen MR) is 98.8 cm³/mol. The van der Waals surface area contributed by atoms with E-state index < -0.39 is 0 Å². The summed E-state index contributed by atoms with van der Waals surface area (Å²) in [5, 5.41) is 18.5. The number of piperidine rings is 1. The Bertz CT molecular complexity index is 581. The fraction of sp³-hybridized carbons (Fsp3) is 0.889. The second kappa shape index (κ2) is 8.33.